The molecule has 2 N–H and O–H groups in total. The normalized spacial score (nSPS) is 21.7. The van der Waals surface area contributed by atoms with Crippen LogP contribution in [0.15, 0.2) is 6.07 Å². The van der Waals surface area contributed by atoms with Crippen molar-refractivity contribution in [3.8, 4) is 0 Å². The van der Waals surface area contributed by atoms with Gasteiger partial charge in [-0.1, -0.05) is 20.8 Å². The Balaban J connectivity index is 1.97. The summed E-state index contributed by atoms with van der Waals surface area (Å²) in [6.45, 7) is 12.2. The Labute approximate surface area is 122 Å². The molecule has 4 nitrogen and oxygen atoms in total. The number of hydrogen-bond donors (Lipinski definition) is 1. The Morgan fingerprint density at radius 3 is 2.65 bits per heavy atom. The highest BCUT2D eigenvalue weighted by Crippen LogP contribution is 2.34. The van der Waals surface area contributed by atoms with E-state index >= 15 is 0 Å². The molecule has 0 saturated carbocycles. The number of aromatic nitrogens is 2. The molecule has 4 heteroatoms. The van der Waals surface area contributed by atoms with Gasteiger partial charge in [0.25, 0.3) is 0 Å². The molecule has 0 bridgehead atoms. The zero-order chi connectivity index (χ0) is 14.8. The molecule has 0 amide bonds. The highest BCUT2D eigenvalue weighted by molar-refractivity contribution is 5.29. The van der Waals surface area contributed by atoms with Crippen molar-refractivity contribution < 1.29 is 0 Å². The van der Waals surface area contributed by atoms with E-state index in [4.69, 9.17) is 5.73 Å². The van der Waals surface area contributed by atoms with Crippen LogP contribution in [0.25, 0.3) is 0 Å². The Morgan fingerprint density at radius 2 is 2.00 bits per heavy atom. The predicted molar refractivity (Wildman–Crippen MR) is 83.3 cm³/mol. The number of likely N-dealkylation sites (tertiary alicyclic amines) is 1. The van der Waals surface area contributed by atoms with Gasteiger partial charge in [0.15, 0.2) is 0 Å². The van der Waals surface area contributed by atoms with Crippen LogP contribution in [-0.4, -0.2) is 28.0 Å². The van der Waals surface area contributed by atoms with Crippen LogP contribution in [-0.2, 0) is 6.54 Å². The molecule has 0 aromatic carbocycles. The van der Waals surface area contributed by atoms with E-state index in [2.05, 4.69) is 35.6 Å². The van der Waals surface area contributed by atoms with Crippen LogP contribution >= 0.6 is 0 Å². The van der Waals surface area contributed by atoms with Crippen LogP contribution in [0.2, 0.25) is 0 Å². The molecule has 1 aromatic rings. The topological polar surface area (TPSA) is 55.0 Å². The van der Waals surface area contributed by atoms with Crippen molar-refractivity contribution in [2.75, 3.05) is 18.8 Å². The van der Waals surface area contributed by atoms with Crippen molar-refractivity contribution in [2.45, 2.75) is 53.5 Å². The van der Waals surface area contributed by atoms with Crippen molar-refractivity contribution in [3.05, 3.63) is 17.6 Å². The van der Waals surface area contributed by atoms with Gasteiger partial charge >= 0.3 is 0 Å². The third kappa shape index (κ3) is 4.17. The van der Waals surface area contributed by atoms with Gasteiger partial charge in [-0.05, 0) is 50.6 Å². The molecule has 0 radical (unpaired) electrons. The van der Waals surface area contributed by atoms with E-state index in [9.17, 15) is 0 Å². The summed E-state index contributed by atoms with van der Waals surface area (Å²) in [5.41, 5.74) is 7.18. The molecule has 1 aliphatic heterocycles. The SMILES string of the molecule is Cc1cc(N)nc(CN2CCCC(C(C)(C)C)CC2)n1. The first-order valence-corrected chi connectivity index (χ1v) is 7.67. The highest BCUT2D eigenvalue weighted by Gasteiger charge is 2.27. The van der Waals surface area contributed by atoms with Crippen molar-refractivity contribution in [3.63, 3.8) is 0 Å². The summed E-state index contributed by atoms with van der Waals surface area (Å²) in [7, 11) is 0. The van der Waals surface area contributed by atoms with Gasteiger partial charge in [-0.3, -0.25) is 4.90 Å². The van der Waals surface area contributed by atoms with Crippen molar-refractivity contribution in [1.29, 1.82) is 0 Å². The molecule has 1 fully saturated rings. The molecule has 20 heavy (non-hydrogen) atoms. The van der Waals surface area contributed by atoms with Gasteiger partial charge in [0.05, 0.1) is 6.54 Å². The van der Waals surface area contributed by atoms with Crippen molar-refractivity contribution in [2.24, 2.45) is 11.3 Å². The second kappa shape index (κ2) is 6.08. The lowest BCUT2D eigenvalue weighted by Gasteiger charge is -2.29. The minimum atomic E-state index is 0.417. The van der Waals surface area contributed by atoms with Crippen LogP contribution in [0.5, 0.6) is 0 Å². The first-order chi connectivity index (χ1) is 9.34. The predicted octanol–water partition coefficient (Wildman–Crippen LogP) is 3.02. The van der Waals surface area contributed by atoms with E-state index < -0.39 is 0 Å². The second-order valence-electron chi connectivity index (χ2n) is 7.12. The lowest BCUT2D eigenvalue weighted by atomic mass is 9.77. The minimum absolute atomic E-state index is 0.417. The maximum Gasteiger partial charge on any atom is 0.144 e. The molecule has 0 spiro atoms. The van der Waals surface area contributed by atoms with Crippen LogP contribution in [0.1, 0.15) is 51.6 Å². The summed E-state index contributed by atoms with van der Waals surface area (Å²) in [5, 5.41) is 0. The fourth-order valence-corrected chi connectivity index (χ4v) is 3.11. The van der Waals surface area contributed by atoms with Crippen molar-refractivity contribution in [1.82, 2.24) is 14.9 Å². The van der Waals surface area contributed by atoms with E-state index in [0.29, 0.717) is 11.2 Å². The quantitative estimate of drug-likeness (QED) is 0.902. The van der Waals surface area contributed by atoms with Gasteiger partial charge in [0, 0.05) is 11.8 Å². The molecule has 1 aromatic heterocycles. The van der Waals surface area contributed by atoms with E-state index in [1.54, 1.807) is 0 Å². The van der Waals surface area contributed by atoms with E-state index in [-0.39, 0.29) is 0 Å². The third-order valence-corrected chi connectivity index (χ3v) is 4.33. The fourth-order valence-electron chi connectivity index (χ4n) is 3.11. The summed E-state index contributed by atoms with van der Waals surface area (Å²) >= 11 is 0. The maximum absolute atomic E-state index is 5.80. The molecule has 2 heterocycles. The monoisotopic (exact) mass is 276 g/mol. The van der Waals surface area contributed by atoms with Gasteiger partial charge in [-0.25, -0.2) is 9.97 Å². The average molecular weight is 276 g/mol. The smallest absolute Gasteiger partial charge is 0.144 e. The Bertz CT molecular complexity index is 430. The average Bonchev–Trinajstić information content (AvgIpc) is 2.52. The van der Waals surface area contributed by atoms with Crippen LogP contribution in [0.4, 0.5) is 5.82 Å². The summed E-state index contributed by atoms with van der Waals surface area (Å²) in [6, 6.07) is 1.82. The lowest BCUT2D eigenvalue weighted by Crippen LogP contribution is -2.27. The van der Waals surface area contributed by atoms with Gasteiger partial charge < -0.3 is 5.73 Å². The van der Waals surface area contributed by atoms with Gasteiger partial charge in [0.2, 0.25) is 0 Å². The fraction of sp³-hybridized carbons (Fsp3) is 0.750. The number of rotatable bonds is 2. The van der Waals surface area contributed by atoms with E-state index in [0.717, 1.165) is 37.1 Å². The third-order valence-electron chi connectivity index (χ3n) is 4.33. The lowest BCUT2D eigenvalue weighted by molar-refractivity contribution is 0.205. The molecule has 0 aliphatic carbocycles. The molecule has 1 aliphatic rings. The van der Waals surface area contributed by atoms with Crippen LogP contribution < -0.4 is 5.73 Å². The van der Waals surface area contributed by atoms with E-state index in [1.165, 1.54) is 19.3 Å². The number of nitrogens with zero attached hydrogens (tertiary/aromatic N) is 3. The van der Waals surface area contributed by atoms with Crippen LogP contribution in [0, 0.1) is 18.3 Å². The molecule has 1 atom stereocenters. The summed E-state index contributed by atoms with van der Waals surface area (Å²) in [5.74, 6) is 2.25. The zero-order valence-corrected chi connectivity index (χ0v) is 13.3. The zero-order valence-electron chi connectivity index (χ0n) is 13.3. The number of hydrogen-bond acceptors (Lipinski definition) is 4. The van der Waals surface area contributed by atoms with Gasteiger partial charge in [-0.15, -0.1) is 0 Å². The maximum atomic E-state index is 5.80. The molecular formula is C16H28N4. The number of anilines is 1. The molecule has 1 saturated heterocycles. The minimum Gasteiger partial charge on any atom is -0.384 e. The van der Waals surface area contributed by atoms with Crippen LogP contribution in [0.3, 0.4) is 0 Å². The number of nitrogens with two attached hydrogens (primary N) is 1. The summed E-state index contributed by atoms with van der Waals surface area (Å²) < 4.78 is 0. The van der Waals surface area contributed by atoms with E-state index in [1.807, 2.05) is 13.0 Å². The number of nitrogen functional groups attached to an aromatic ring is 1. The Morgan fingerprint density at radius 1 is 1.25 bits per heavy atom. The molecule has 112 valence electrons. The second-order valence-corrected chi connectivity index (χ2v) is 7.12. The highest BCUT2D eigenvalue weighted by atomic mass is 15.1. The first kappa shape index (κ1) is 15.2. The van der Waals surface area contributed by atoms with Crippen molar-refractivity contribution >= 4 is 5.82 Å². The number of aryl methyl sites for hydroxylation is 1. The van der Waals surface area contributed by atoms with Gasteiger partial charge in [-0.2, -0.15) is 0 Å². The first-order valence-electron chi connectivity index (χ1n) is 7.67. The largest absolute Gasteiger partial charge is 0.384 e. The summed E-state index contributed by atoms with van der Waals surface area (Å²) in [4.78, 5) is 11.3. The Kier molecular flexibility index (Phi) is 4.63. The molecule has 2 rings (SSSR count). The Hall–Kier alpha value is -1.16. The summed E-state index contributed by atoms with van der Waals surface area (Å²) in [6.07, 6.45) is 3.87. The van der Waals surface area contributed by atoms with Gasteiger partial charge in [0.1, 0.15) is 11.6 Å². The molecular weight excluding hydrogens is 248 g/mol. The molecule has 1 unspecified atom stereocenters. The standard InChI is InChI=1S/C16H28N4/c1-12-10-14(17)19-15(18-12)11-20-8-5-6-13(7-9-20)16(2,3)4/h10,13H,5-9,11H2,1-4H3,(H2,17,18,19).